The molecule has 114 valence electrons. The van der Waals surface area contributed by atoms with Crippen molar-refractivity contribution in [3.63, 3.8) is 0 Å². The highest BCUT2D eigenvalue weighted by Gasteiger charge is 2.08. The molecule has 2 rings (SSSR count). The zero-order valence-electron chi connectivity index (χ0n) is 13.1. The van der Waals surface area contributed by atoms with Crippen molar-refractivity contribution >= 4 is 16.9 Å². The van der Waals surface area contributed by atoms with Gasteiger partial charge in [0.05, 0.1) is 17.5 Å². The van der Waals surface area contributed by atoms with E-state index in [1.807, 2.05) is 24.3 Å². The molecule has 1 N–H and O–H groups in total. The van der Waals surface area contributed by atoms with Crippen LogP contribution in [0.15, 0.2) is 24.3 Å². The van der Waals surface area contributed by atoms with Gasteiger partial charge in [0.1, 0.15) is 0 Å². The molecule has 0 saturated heterocycles. The zero-order chi connectivity index (χ0) is 14.9. The van der Waals surface area contributed by atoms with Crippen LogP contribution in [0.25, 0.3) is 10.9 Å². The molecular weight excluding hydrogens is 262 g/mol. The average Bonchev–Trinajstić information content (AvgIpc) is 2.52. The van der Waals surface area contributed by atoms with Crippen molar-refractivity contribution in [2.45, 2.75) is 46.0 Å². The van der Waals surface area contributed by atoms with Gasteiger partial charge in [0.2, 0.25) is 11.8 Å². The second-order valence-corrected chi connectivity index (χ2v) is 5.21. The van der Waals surface area contributed by atoms with E-state index in [9.17, 15) is 0 Å². The van der Waals surface area contributed by atoms with E-state index in [0.29, 0.717) is 18.4 Å². The lowest BCUT2D eigenvalue weighted by Crippen LogP contribution is -2.07. The SMILES string of the molecule is CCCCCCOc1nc(NCCC)nc2ccccc12. The van der Waals surface area contributed by atoms with Crippen LogP contribution in [-0.4, -0.2) is 23.1 Å². The Morgan fingerprint density at radius 3 is 2.67 bits per heavy atom. The summed E-state index contributed by atoms with van der Waals surface area (Å²) in [6.45, 7) is 5.92. The molecule has 0 aliphatic rings. The van der Waals surface area contributed by atoms with Crippen molar-refractivity contribution in [2.75, 3.05) is 18.5 Å². The van der Waals surface area contributed by atoms with Crippen LogP contribution in [-0.2, 0) is 0 Å². The molecule has 0 spiro atoms. The van der Waals surface area contributed by atoms with Gasteiger partial charge in [0, 0.05) is 6.54 Å². The van der Waals surface area contributed by atoms with E-state index in [1.165, 1.54) is 19.3 Å². The molecule has 0 fully saturated rings. The summed E-state index contributed by atoms with van der Waals surface area (Å²) in [4.78, 5) is 9.04. The van der Waals surface area contributed by atoms with E-state index < -0.39 is 0 Å². The summed E-state index contributed by atoms with van der Waals surface area (Å²) in [6, 6.07) is 8.00. The molecule has 1 aromatic carbocycles. The number of fused-ring (bicyclic) bond motifs is 1. The van der Waals surface area contributed by atoms with E-state index in [4.69, 9.17) is 4.74 Å². The largest absolute Gasteiger partial charge is 0.477 e. The fourth-order valence-electron chi connectivity index (χ4n) is 2.17. The van der Waals surface area contributed by atoms with Crippen molar-refractivity contribution in [2.24, 2.45) is 0 Å². The van der Waals surface area contributed by atoms with Crippen LogP contribution in [0, 0.1) is 0 Å². The minimum atomic E-state index is 0.652. The Morgan fingerprint density at radius 1 is 1.00 bits per heavy atom. The minimum absolute atomic E-state index is 0.652. The van der Waals surface area contributed by atoms with Crippen LogP contribution < -0.4 is 10.1 Å². The van der Waals surface area contributed by atoms with Gasteiger partial charge in [0.25, 0.3) is 0 Å². The van der Waals surface area contributed by atoms with Crippen molar-refractivity contribution in [1.82, 2.24) is 9.97 Å². The predicted molar refractivity (Wildman–Crippen MR) is 88.0 cm³/mol. The number of unbranched alkanes of at least 4 members (excludes halogenated alkanes) is 3. The summed E-state index contributed by atoms with van der Waals surface area (Å²) >= 11 is 0. The Labute approximate surface area is 127 Å². The summed E-state index contributed by atoms with van der Waals surface area (Å²) in [5.41, 5.74) is 0.926. The van der Waals surface area contributed by atoms with Crippen molar-refractivity contribution in [1.29, 1.82) is 0 Å². The molecule has 4 nitrogen and oxygen atoms in total. The summed E-state index contributed by atoms with van der Waals surface area (Å²) in [5, 5.41) is 4.22. The van der Waals surface area contributed by atoms with Crippen molar-refractivity contribution in [3.05, 3.63) is 24.3 Å². The Balaban J connectivity index is 2.11. The van der Waals surface area contributed by atoms with Gasteiger partial charge in [0.15, 0.2) is 0 Å². The molecule has 0 aliphatic heterocycles. The van der Waals surface area contributed by atoms with Crippen LogP contribution in [0.3, 0.4) is 0 Å². The lowest BCUT2D eigenvalue weighted by Gasteiger charge is -2.10. The third-order valence-electron chi connectivity index (χ3n) is 3.34. The van der Waals surface area contributed by atoms with Gasteiger partial charge in [-0.05, 0) is 25.0 Å². The average molecular weight is 287 g/mol. The second-order valence-electron chi connectivity index (χ2n) is 5.21. The number of nitrogens with zero attached hydrogens (tertiary/aromatic N) is 2. The normalized spacial score (nSPS) is 10.8. The van der Waals surface area contributed by atoms with Crippen molar-refractivity contribution < 1.29 is 4.74 Å². The first-order chi connectivity index (χ1) is 10.3. The molecular formula is C17H25N3O. The molecule has 0 atom stereocenters. The smallest absolute Gasteiger partial charge is 0.226 e. The maximum Gasteiger partial charge on any atom is 0.226 e. The first kappa shape index (κ1) is 15.5. The highest BCUT2D eigenvalue weighted by molar-refractivity contribution is 5.84. The number of anilines is 1. The van der Waals surface area contributed by atoms with E-state index in [-0.39, 0.29) is 0 Å². The number of ether oxygens (including phenoxy) is 1. The molecule has 1 heterocycles. The summed E-state index contributed by atoms with van der Waals surface area (Å²) in [5.74, 6) is 1.34. The number of rotatable bonds is 9. The third kappa shape index (κ3) is 4.59. The Morgan fingerprint density at radius 2 is 1.86 bits per heavy atom. The van der Waals surface area contributed by atoms with Gasteiger partial charge < -0.3 is 10.1 Å². The summed E-state index contributed by atoms with van der Waals surface area (Å²) in [6.07, 6.45) is 5.83. The Bertz CT molecular complexity index is 557. The molecule has 4 heteroatoms. The lowest BCUT2D eigenvalue weighted by atomic mass is 10.2. The fraction of sp³-hybridized carbons (Fsp3) is 0.529. The molecule has 0 saturated carbocycles. The van der Waals surface area contributed by atoms with Crippen molar-refractivity contribution in [3.8, 4) is 5.88 Å². The topological polar surface area (TPSA) is 47.0 Å². The molecule has 0 bridgehead atoms. The van der Waals surface area contributed by atoms with Gasteiger partial charge in [-0.3, -0.25) is 0 Å². The minimum Gasteiger partial charge on any atom is -0.477 e. The number of benzene rings is 1. The Hall–Kier alpha value is -1.84. The zero-order valence-corrected chi connectivity index (χ0v) is 13.1. The molecule has 21 heavy (non-hydrogen) atoms. The first-order valence-corrected chi connectivity index (χ1v) is 7.98. The molecule has 2 aromatic rings. The van der Waals surface area contributed by atoms with Crippen LogP contribution in [0.5, 0.6) is 5.88 Å². The molecule has 0 radical (unpaired) electrons. The van der Waals surface area contributed by atoms with Gasteiger partial charge in [-0.2, -0.15) is 4.98 Å². The van der Waals surface area contributed by atoms with Gasteiger partial charge >= 0.3 is 0 Å². The lowest BCUT2D eigenvalue weighted by molar-refractivity contribution is 0.297. The molecule has 0 aliphatic carbocycles. The quantitative estimate of drug-likeness (QED) is 0.694. The number of hydrogen-bond donors (Lipinski definition) is 1. The van der Waals surface area contributed by atoms with Gasteiger partial charge in [-0.1, -0.05) is 45.2 Å². The van der Waals surface area contributed by atoms with Crippen LogP contribution in [0.2, 0.25) is 0 Å². The summed E-state index contributed by atoms with van der Waals surface area (Å²) in [7, 11) is 0. The maximum absolute atomic E-state index is 5.90. The number of aromatic nitrogens is 2. The molecule has 0 amide bonds. The highest BCUT2D eigenvalue weighted by atomic mass is 16.5. The van der Waals surface area contributed by atoms with E-state index in [1.54, 1.807) is 0 Å². The molecule has 1 aromatic heterocycles. The third-order valence-corrected chi connectivity index (χ3v) is 3.34. The standard InChI is InChI=1S/C17H25N3O/c1-3-5-6-9-13-21-16-14-10-7-8-11-15(14)19-17(20-16)18-12-4-2/h7-8,10-11H,3-6,9,12-13H2,1-2H3,(H,18,19,20). The van der Waals surface area contributed by atoms with E-state index in [0.717, 1.165) is 30.3 Å². The number of para-hydroxylation sites is 1. The van der Waals surface area contributed by atoms with Crippen LogP contribution in [0.1, 0.15) is 46.0 Å². The van der Waals surface area contributed by atoms with E-state index in [2.05, 4.69) is 29.1 Å². The number of nitrogens with one attached hydrogen (secondary N) is 1. The van der Waals surface area contributed by atoms with Gasteiger partial charge in [-0.25, -0.2) is 4.98 Å². The Kier molecular flexibility index (Phi) is 6.25. The number of hydrogen-bond acceptors (Lipinski definition) is 4. The second kappa shape index (κ2) is 8.45. The van der Waals surface area contributed by atoms with Crippen LogP contribution in [0.4, 0.5) is 5.95 Å². The fourth-order valence-corrected chi connectivity index (χ4v) is 2.17. The van der Waals surface area contributed by atoms with Gasteiger partial charge in [-0.15, -0.1) is 0 Å². The first-order valence-electron chi connectivity index (χ1n) is 7.98. The highest BCUT2D eigenvalue weighted by Crippen LogP contribution is 2.24. The van der Waals surface area contributed by atoms with Crippen LogP contribution >= 0.6 is 0 Å². The predicted octanol–water partition coefficient (Wildman–Crippen LogP) is 4.41. The molecule has 0 unspecified atom stereocenters. The van der Waals surface area contributed by atoms with E-state index >= 15 is 0 Å². The maximum atomic E-state index is 5.90. The monoisotopic (exact) mass is 287 g/mol. The summed E-state index contributed by atoms with van der Waals surface area (Å²) < 4.78 is 5.90.